The van der Waals surface area contributed by atoms with Crippen LogP contribution >= 0.6 is 11.3 Å². The predicted octanol–water partition coefficient (Wildman–Crippen LogP) is 5.50. The fourth-order valence-electron chi connectivity index (χ4n) is 3.67. The molecule has 0 saturated carbocycles. The first-order valence-electron chi connectivity index (χ1n) is 10.4. The first-order chi connectivity index (χ1) is 16.1. The normalized spacial score (nSPS) is 10.9. The third-order valence-electron chi connectivity index (χ3n) is 5.24. The second-order valence-corrected chi connectivity index (χ2v) is 8.38. The number of rotatable bonds is 6. The van der Waals surface area contributed by atoms with Crippen LogP contribution in [0, 0.1) is 6.92 Å². The minimum absolute atomic E-state index is 0.260. The fraction of sp³-hybridized carbons (Fsp3) is 0.0769. The van der Waals surface area contributed by atoms with E-state index in [1.165, 1.54) is 11.3 Å². The molecule has 0 bridgehead atoms. The van der Waals surface area contributed by atoms with Gasteiger partial charge < -0.3 is 4.74 Å². The molecule has 6 nitrogen and oxygen atoms in total. The van der Waals surface area contributed by atoms with Gasteiger partial charge in [0.05, 0.1) is 32.9 Å². The lowest BCUT2D eigenvalue weighted by molar-refractivity contribution is 0.0476. The van der Waals surface area contributed by atoms with E-state index in [0.29, 0.717) is 33.5 Å². The lowest BCUT2D eigenvalue weighted by atomic mass is 10.1. The monoisotopic (exact) mass is 453 g/mol. The number of aryl methyl sites for hydroxylation is 1. The average molecular weight is 454 g/mol. The zero-order chi connectivity index (χ0) is 22.8. The van der Waals surface area contributed by atoms with Crippen LogP contribution in [0.3, 0.4) is 0 Å². The van der Waals surface area contributed by atoms with Crippen molar-refractivity contribution in [1.82, 2.24) is 14.8 Å². The smallest absolute Gasteiger partial charge is 0.339 e. The van der Waals surface area contributed by atoms with Gasteiger partial charge in [-0.2, -0.15) is 5.10 Å². The lowest BCUT2D eigenvalue weighted by Crippen LogP contribution is -2.15. The molecule has 2 aromatic carbocycles. The number of carbonyl (C=O) groups excluding carboxylic acids is 2. The number of pyridine rings is 1. The molecular weight excluding hydrogens is 434 g/mol. The number of esters is 1. The topological polar surface area (TPSA) is 74.1 Å². The second kappa shape index (κ2) is 8.80. The van der Waals surface area contributed by atoms with E-state index in [-0.39, 0.29) is 12.4 Å². The molecule has 0 aliphatic carbocycles. The van der Waals surface area contributed by atoms with E-state index in [9.17, 15) is 9.59 Å². The van der Waals surface area contributed by atoms with Gasteiger partial charge in [-0.3, -0.25) is 4.79 Å². The van der Waals surface area contributed by atoms with Gasteiger partial charge in [0, 0.05) is 5.56 Å². The summed E-state index contributed by atoms with van der Waals surface area (Å²) in [7, 11) is 0. The molecule has 3 aromatic heterocycles. The Hall–Kier alpha value is -4.10. The Labute approximate surface area is 194 Å². The molecule has 3 heterocycles. The molecule has 0 radical (unpaired) electrons. The molecule has 0 fully saturated rings. The number of nitrogens with zero attached hydrogens (tertiary/aromatic N) is 3. The first-order valence-corrected chi connectivity index (χ1v) is 11.2. The first kappa shape index (κ1) is 20.8. The van der Waals surface area contributed by atoms with Crippen LogP contribution in [0.25, 0.3) is 27.3 Å². The lowest BCUT2D eigenvalue weighted by Gasteiger charge is -2.09. The summed E-state index contributed by atoms with van der Waals surface area (Å²) in [5, 5.41) is 7.21. The summed E-state index contributed by atoms with van der Waals surface area (Å²) in [4.78, 5) is 31.4. The van der Waals surface area contributed by atoms with Crippen molar-refractivity contribution < 1.29 is 14.3 Å². The van der Waals surface area contributed by atoms with Gasteiger partial charge in [-0.15, -0.1) is 11.3 Å². The molecule has 33 heavy (non-hydrogen) atoms. The Morgan fingerprint density at radius 3 is 2.39 bits per heavy atom. The van der Waals surface area contributed by atoms with Crippen LogP contribution < -0.4 is 0 Å². The van der Waals surface area contributed by atoms with E-state index in [1.54, 1.807) is 35.0 Å². The molecule has 0 saturated heterocycles. The van der Waals surface area contributed by atoms with Gasteiger partial charge in [-0.1, -0.05) is 54.6 Å². The van der Waals surface area contributed by atoms with Crippen LogP contribution in [-0.4, -0.2) is 33.1 Å². The van der Waals surface area contributed by atoms with Crippen LogP contribution in [-0.2, 0) is 4.74 Å². The summed E-state index contributed by atoms with van der Waals surface area (Å²) in [5.74, 6) is -0.843. The molecule has 5 rings (SSSR count). The van der Waals surface area contributed by atoms with Gasteiger partial charge in [-0.25, -0.2) is 14.5 Å². The molecule has 0 amide bonds. The number of ketones is 1. The fourth-order valence-corrected chi connectivity index (χ4v) is 4.35. The third kappa shape index (κ3) is 4.06. The van der Waals surface area contributed by atoms with Gasteiger partial charge in [0.15, 0.2) is 18.0 Å². The van der Waals surface area contributed by atoms with Gasteiger partial charge in [-0.05, 0) is 36.6 Å². The maximum absolute atomic E-state index is 13.2. The maximum Gasteiger partial charge on any atom is 0.339 e. The van der Waals surface area contributed by atoms with Crippen molar-refractivity contribution in [1.29, 1.82) is 0 Å². The summed E-state index contributed by atoms with van der Waals surface area (Å²) in [5.41, 5.74) is 3.54. The summed E-state index contributed by atoms with van der Waals surface area (Å²) in [6, 6.07) is 24.0. The van der Waals surface area contributed by atoms with Crippen molar-refractivity contribution >= 4 is 34.1 Å². The number of fused-ring (bicyclic) bond motifs is 1. The van der Waals surface area contributed by atoms with Crippen molar-refractivity contribution in [2.45, 2.75) is 6.92 Å². The summed E-state index contributed by atoms with van der Waals surface area (Å²) < 4.78 is 7.17. The average Bonchev–Trinajstić information content (AvgIpc) is 3.51. The number of benzene rings is 2. The van der Waals surface area contributed by atoms with Crippen LogP contribution in [0.5, 0.6) is 0 Å². The van der Waals surface area contributed by atoms with E-state index in [2.05, 4.69) is 5.10 Å². The Balaban J connectivity index is 1.58. The predicted molar refractivity (Wildman–Crippen MR) is 128 cm³/mol. The number of aromatic nitrogens is 3. The number of carbonyl (C=O) groups is 2. The highest BCUT2D eigenvalue weighted by Crippen LogP contribution is 2.31. The quantitative estimate of drug-likeness (QED) is 0.251. The number of ether oxygens (including phenoxy) is 1. The van der Waals surface area contributed by atoms with E-state index < -0.39 is 5.97 Å². The molecule has 0 atom stereocenters. The van der Waals surface area contributed by atoms with E-state index in [0.717, 1.165) is 10.6 Å². The molecule has 0 spiro atoms. The number of Topliss-reactive ketones (excluding diaryl/α,β-unsaturated/α-hetero) is 1. The maximum atomic E-state index is 13.2. The number of hydrogen-bond acceptors (Lipinski definition) is 6. The minimum Gasteiger partial charge on any atom is -0.454 e. The van der Waals surface area contributed by atoms with Crippen molar-refractivity contribution in [3.05, 3.63) is 101 Å². The van der Waals surface area contributed by atoms with Crippen LogP contribution in [0.2, 0.25) is 0 Å². The van der Waals surface area contributed by atoms with E-state index >= 15 is 0 Å². The Bertz CT molecular complexity index is 1440. The second-order valence-electron chi connectivity index (χ2n) is 7.43. The molecular formula is C26H19N3O3S. The van der Waals surface area contributed by atoms with E-state index in [1.807, 2.05) is 60.8 Å². The van der Waals surface area contributed by atoms with Crippen molar-refractivity contribution in [2.75, 3.05) is 6.61 Å². The Morgan fingerprint density at radius 2 is 1.70 bits per heavy atom. The highest BCUT2D eigenvalue weighted by Gasteiger charge is 2.23. The summed E-state index contributed by atoms with van der Waals surface area (Å²) in [6.07, 6.45) is 0. The zero-order valence-corrected chi connectivity index (χ0v) is 18.6. The van der Waals surface area contributed by atoms with Crippen LogP contribution in [0.1, 0.15) is 26.4 Å². The molecule has 0 N–H and O–H groups in total. The molecule has 0 aliphatic rings. The highest BCUT2D eigenvalue weighted by atomic mass is 32.1. The van der Waals surface area contributed by atoms with Gasteiger partial charge in [0.2, 0.25) is 0 Å². The van der Waals surface area contributed by atoms with Crippen LogP contribution in [0.4, 0.5) is 0 Å². The van der Waals surface area contributed by atoms with Gasteiger partial charge >= 0.3 is 5.97 Å². The van der Waals surface area contributed by atoms with E-state index in [4.69, 9.17) is 9.72 Å². The Morgan fingerprint density at radius 1 is 0.970 bits per heavy atom. The highest BCUT2D eigenvalue weighted by molar-refractivity contribution is 7.13. The van der Waals surface area contributed by atoms with Gasteiger partial charge in [0.25, 0.3) is 0 Å². The van der Waals surface area contributed by atoms with Gasteiger partial charge in [0.1, 0.15) is 0 Å². The largest absolute Gasteiger partial charge is 0.454 e. The molecule has 0 unspecified atom stereocenters. The molecule has 5 aromatic rings. The van der Waals surface area contributed by atoms with Crippen molar-refractivity contribution in [2.24, 2.45) is 0 Å². The number of para-hydroxylation sites is 1. The van der Waals surface area contributed by atoms with Crippen molar-refractivity contribution in [3.63, 3.8) is 0 Å². The molecule has 0 aliphatic heterocycles. The standard InChI is InChI=1S/C26H19N3O3S/c1-17-24-20(26(31)32-16-22(30)18-9-4-2-5-10-18)15-21(23-13-8-14-33-23)27-25(24)29(28-17)19-11-6-3-7-12-19/h2-15H,16H2,1H3. The third-order valence-corrected chi connectivity index (χ3v) is 6.13. The summed E-state index contributed by atoms with van der Waals surface area (Å²) >= 11 is 1.53. The number of hydrogen-bond donors (Lipinski definition) is 0. The minimum atomic E-state index is -0.583. The molecule has 7 heteroatoms. The SMILES string of the molecule is Cc1nn(-c2ccccc2)c2nc(-c3cccs3)cc(C(=O)OCC(=O)c3ccccc3)c12. The number of thiophene rings is 1. The zero-order valence-electron chi connectivity index (χ0n) is 17.8. The Kier molecular flexibility index (Phi) is 5.54. The van der Waals surface area contributed by atoms with Crippen LogP contribution in [0.15, 0.2) is 84.2 Å². The molecule has 162 valence electrons. The summed E-state index contributed by atoms with van der Waals surface area (Å²) in [6.45, 7) is 1.49. The van der Waals surface area contributed by atoms with Crippen molar-refractivity contribution in [3.8, 4) is 16.3 Å².